The normalized spacial score (nSPS) is 33.6. The van der Waals surface area contributed by atoms with Crippen molar-refractivity contribution in [2.75, 3.05) is 13.2 Å². The Labute approximate surface area is 119 Å². The first-order chi connectivity index (χ1) is 9.55. The van der Waals surface area contributed by atoms with Crippen molar-refractivity contribution >= 4 is 12.0 Å². The zero-order valence-electron chi connectivity index (χ0n) is 12.0. The van der Waals surface area contributed by atoms with Gasteiger partial charge in [0.1, 0.15) is 0 Å². The molecule has 20 heavy (non-hydrogen) atoms. The summed E-state index contributed by atoms with van der Waals surface area (Å²) in [4.78, 5) is 23.3. The van der Waals surface area contributed by atoms with E-state index in [1.165, 1.54) is 6.42 Å². The number of carboxylic acid groups (broad SMARTS) is 1. The summed E-state index contributed by atoms with van der Waals surface area (Å²) in [6, 6.07) is -0.233. The van der Waals surface area contributed by atoms with Crippen LogP contribution in [0.3, 0.4) is 0 Å². The highest BCUT2D eigenvalue weighted by Crippen LogP contribution is 2.26. The van der Waals surface area contributed by atoms with E-state index in [2.05, 4.69) is 17.6 Å². The maximum absolute atomic E-state index is 12.0. The van der Waals surface area contributed by atoms with E-state index >= 15 is 0 Å². The van der Waals surface area contributed by atoms with E-state index < -0.39 is 17.5 Å². The van der Waals surface area contributed by atoms with Crippen molar-refractivity contribution in [1.82, 2.24) is 10.6 Å². The van der Waals surface area contributed by atoms with Crippen LogP contribution in [-0.2, 0) is 9.53 Å². The molecule has 2 rings (SSSR count). The van der Waals surface area contributed by atoms with Gasteiger partial charge in [0, 0.05) is 19.1 Å². The van der Waals surface area contributed by atoms with Gasteiger partial charge in [0.25, 0.3) is 0 Å². The van der Waals surface area contributed by atoms with Gasteiger partial charge in [-0.15, -0.1) is 0 Å². The van der Waals surface area contributed by atoms with Crippen molar-refractivity contribution in [2.24, 2.45) is 5.92 Å². The molecule has 3 N–H and O–H groups in total. The number of amides is 2. The van der Waals surface area contributed by atoms with Crippen LogP contribution < -0.4 is 10.6 Å². The molecule has 1 aliphatic heterocycles. The molecule has 0 aromatic carbocycles. The molecular weight excluding hydrogens is 260 g/mol. The quantitative estimate of drug-likeness (QED) is 0.730. The zero-order chi connectivity index (χ0) is 14.6. The van der Waals surface area contributed by atoms with Crippen molar-refractivity contribution in [2.45, 2.75) is 57.0 Å². The van der Waals surface area contributed by atoms with Crippen LogP contribution in [0.1, 0.15) is 45.4 Å². The van der Waals surface area contributed by atoms with E-state index in [4.69, 9.17) is 4.74 Å². The van der Waals surface area contributed by atoms with Gasteiger partial charge in [0.2, 0.25) is 0 Å². The summed E-state index contributed by atoms with van der Waals surface area (Å²) in [5.74, 6) is -0.260. The number of hydrogen-bond donors (Lipinski definition) is 3. The molecule has 0 aromatic rings. The number of carboxylic acids is 1. The summed E-state index contributed by atoms with van der Waals surface area (Å²) in [7, 11) is 0. The van der Waals surface area contributed by atoms with E-state index in [0.29, 0.717) is 13.0 Å². The number of hydrogen-bond acceptors (Lipinski definition) is 3. The molecule has 2 fully saturated rings. The minimum absolute atomic E-state index is 0.0400. The van der Waals surface area contributed by atoms with Gasteiger partial charge in [0.05, 0.1) is 6.61 Å². The Morgan fingerprint density at radius 2 is 2.00 bits per heavy atom. The Morgan fingerprint density at radius 3 is 2.50 bits per heavy atom. The molecule has 2 amide bonds. The number of nitrogens with one attached hydrogen (secondary N) is 2. The average Bonchev–Trinajstić information content (AvgIpc) is 2.89. The highest BCUT2D eigenvalue weighted by molar-refractivity contribution is 5.86. The van der Waals surface area contributed by atoms with Crippen molar-refractivity contribution < 1.29 is 19.4 Å². The third kappa shape index (κ3) is 3.42. The molecule has 1 unspecified atom stereocenters. The van der Waals surface area contributed by atoms with Crippen LogP contribution in [0.15, 0.2) is 0 Å². The van der Waals surface area contributed by atoms with Gasteiger partial charge in [-0.1, -0.05) is 13.3 Å². The van der Waals surface area contributed by atoms with E-state index in [0.717, 1.165) is 31.6 Å². The molecule has 6 nitrogen and oxygen atoms in total. The number of ether oxygens (including phenoxy) is 1. The van der Waals surface area contributed by atoms with Gasteiger partial charge < -0.3 is 20.5 Å². The number of urea groups is 1. The van der Waals surface area contributed by atoms with Crippen LogP contribution in [0, 0.1) is 5.92 Å². The zero-order valence-corrected chi connectivity index (χ0v) is 12.0. The predicted molar refractivity (Wildman–Crippen MR) is 73.5 cm³/mol. The highest BCUT2D eigenvalue weighted by atomic mass is 16.5. The van der Waals surface area contributed by atoms with E-state index in [-0.39, 0.29) is 12.6 Å². The van der Waals surface area contributed by atoms with Crippen LogP contribution >= 0.6 is 0 Å². The largest absolute Gasteiger partial charge is 0.479 e. The molecule has 1 heterocycles. The molecule has 1 atom stereocenters. The molecule has 0 aromatic heterocycles. The van der Waals surface area contributed by atoms with Crippen LogP contribution in [0.5, 0.6) is 0 Å². The second-order valence-corrected chi connectivity index (χ2v) is 5.91. The van der Waals surface area contributed by atoms with Crippen LogP contribution in [0.4, 0.5) is 4.79 Å². The second kappa shape index (κ2) is 6.43. The van der Waals surface area contributed by atoms with Gasteiger partial charge in [0.15, 0.2) is 5.54 Å². The van der Waals surface area contributed by atoms with Crippen molar-refractivity contribution in [3.05, 3.63) is 0 Å². The van der Waals surface area contributed by atoms with Gasteiger partial charge in [-0.3, -0.25) is 0 Å². The second-order valence-electron chi connectivity index (χ2n) is 5.91. The number of aliphatic carboxylic acids is 1. The Bertz CT molecular complexity index is 358. The summed E-state index contributed by atoms with van der Waals surface area (Å²) in [5, 5.41) is 14.8. The van der Waals surface area contributed by atoms with Gasteiger partial charge in [-0.2, -0.15) is 0 Å². The third-order valence-electron chi connectivity index (χ3n) is 4.54. The summed E-state index contributed by atoms with van der Waals surface area (Å²) >= 11 is 0. The fraction of sp³-hybridized carbons (Fsp3) is 0.857. The molecule has 114 valence electrons. The lowest BCUT2D eigenvalue weighted by Crippen LogP contribution is -2.59. The number of carbonyl (C=O) groups excluding carboxylic acids is 1. The third-order valence-corrected chi connectivity index (χ3v) is 4.54. The SMILES string of the molecule is CCC1CCC(NC(=O)NC2(C(=O)O)CCOC2)CC1. The molecular formula is C14H24N2O4. The van der Waals surface area contributed by atoms with Gasteiger partial charge in [-0.25, -0.2) is 9.59 Å². The maximum atomic E-state index is 12.0. The molecule has 2 aliphatic rings. The average molecular weight is 284 g/mol. The Kier molecular flexibility index (Phi) is 4.86. The lowest BCUT2D eigenvalue weighted by molar-refractivity contribution is -0.144. The number of rotatable bonds is 4. The first-order valence-electron chi connectivity index (χ1n) is 7.45. The monoisotopic (exact) mass is 284 g/mol. The lowest BCUT2D eigenvalue weighted by Gasteiger charge is -2.30. The Morgan fingerprint density at radius 1 is 1.30 bits per heavy atom. The molecule has 0 radical (unpaired) electrons. The summed E-state index contributed by atoms with van der Waals surface area (Å²) in [5.41, 5.74) is -1.26. The smallest absolute Gasteiger partial charge is 0.332 e. The topological polar surface area (TPSA) is 87.7 Å². The van der Waals surface area contributed by atoms with E-state index in [9.17, 15) is 14.7 Å². The first-order valence-corrected chi connectivity index (χ1v) is 7.45. The van der Waals surface area contributed by atoms with E-state index in [1.54, 1.807) is 0 Å². The fourth-order valence-electron chi connectivity index (χ4n) is 3.04. The van der Waals surface area contributed by atoms with Crippen LogP contribution in [-0.4, -0.2) is 41.9 Å². The molecule has 1 saturated heterocycles. The maximum Gasteiger partial charge on any atom is 0.332 e. The van der Waals surface area contributed by atoms with Gasteiger partial charge >= 0.3 is 12.0 Å². The Hall–Kier alpha value is -1.30. The summed E-state index contributed by atoms with van der Waals surface area (Å²) in [6.45, 7) is 2.61. The minimum atomic E-state index is -1.26. The summed E-state index contributed by atoms with van der Waals surface area (Å²) in [6.07, 6.45) is 5.73. The molecule has 1 aliphatic carbocycles. The van der Waals surface area contributed by atoms with Crippen molar-refractivity contribution in [3.63, 3.8) is 0 Å². The fourth-order valence-corrected chi connectivity index (χ4v) is 3.04. The van der Waals surface area contributed by atoms with Crippen molar-refractivity contribution in [3.8, 4) is 0 Å². The molecule has 0 spiro atoms. The standard InChI is InChI=1S/C14H24N2O4/c1-2-10-3-5-11(6-4-10)15-13(19)16-14(12(17)18)7-8-20-9-14/h10-11H,2-9H2,1H3,(H,17,18)(H2,15,16,19). The molecule has 6 heteroatoms. The van der Waals surface area contributed by atoms with Gasteiger partial charge in [-0.05, 0) is 31.6 Å². The predicted octanol–water partition coefficient (Wildman–Crippen LogP) is 1.50. The molecule has 0 bridgehead atoms. The van der Waals surface area contributed by atoms with Crippen LogP contribution in [0.25, 0.3) is 0 Å². The molecule has 1 saturated carbocycles. The lowest BCUT2D eigenvalue weighted by atomic mass is 9.84. The highest BCUT2D eigenvalue weighted by Gasteiger charge is 2.44. The van der Waals surface area contributed by atoms with E-state index in [1.807, 2.05) is 0 Å². The summed E-state index contributed by atoms with van der Waals surface area (Å²) < 4.78 is 5.12. The first kappa shape index (κ1) is 15.1. The minimum Gasteiger partial charge on any atom is -0.479 e. The van der Waals surface area contributed by atoms with Crippen molar-refractivity contribution in [1.29, 1.82) is 0 Å². The Balaban J connectivity index is 1.82. The van der Waals surface area contributed by atoms with Crippen LogP contribution in [0.2, 0.25) is 0 Å². The number of carbonyl (C=O) groups is 2.